The van der Waals surface area contributed by atoms with Crippen LogP contribution in [-0.2, 0) is 19.6 Å². The molecule has 0 saturated heterocycles. The fourth-order valence-electron chi connectivity index (χ4n) is 2.95. The highest BCUT2D eigenvalue weighted by atomic mass is 19.4. The zero-order valence-corrected chi connectivity index (χ0v) is 15.6. The predicted molar refractivity (Wildman–Crippen MR) is 101 cm³/mol. The zero-order valence-electron chi connectivity index (χ0n) is 15.6. The first-order valence-electron chi connectivity index (χ1n) is 8.94. The lowest BCUT2D eigenvalue weighted by atomic mass is 10.1. The van der Waals surface area contributed by atoms with Gasteiger partial charge in [-0.15, -0.1) is 0 Å². The molecule has 1 heterocycles. The lowest BCUT2D eigenvalue weighted by Crippen LogP contribution is -2.29. The molecule has 3 aromatic rings. The molecule has 2 aromatic carbocycles. The van der Waals surface area contributed by atoms with Crippen molar-refractivity contribution in [3.8, 4) is 0 Å². The molecular weight excluding hydrogens is 383 g/mol. The van der Waals surface area contributed by atoms with Crippen LogP contribution in [-0.4, -0.2) is 27.3 Å². The molecule has 0 aliphatic heterocycles. The normalized spacial score (nSPS) is 12.6. The number of aliphatic hydroxyl groups is 1. The van der Waals surface area contributed by atoms with Crippen molar-refractivity contribution in [2.75, 3.05) is 6.54 Å². The molecule has 0 fully saturated rings. The predicted octanol–water partition coefficient (Wildman–Crippen LogP) is 3.49. The molecule has 0 aliphatic carbocycles. The van der Waals surface area contributed by atoms with Crippen LogP contribution in [0.3, 0.4) is 0 Å². The van der Waals surface area contributed by atoms with Crippen molar-refractivity contribution in [2.45, 2.75) is 18.7 Å². The standard InChI is InChI=1S/C21H20F3N3O2/c1-27-18(11-14-5-3-2-4-6-14)17(12-26-27)20(29)25-13-19(28)15-7-9-16(10-8-15)21(22,23)24/h2-10,12,19,28H,11,13H2,1H3,(H,25,29). The number of nitrogens with zero attached hydrogens (tertiary/aromatic N) is 2. The fraction of sp³-hybridized carbons (Fsp3) is 0.238. The van der Waals surface area contributed by atoms with E-state index in [0.29, 0.717) is 12.0 Å². The second-order valence-corrected chi connectivity index (χ2v) is 6.64. The highest BCUT2D eigenvalue weighted by Crippen LogP contribution is 2.29. The van der Waals surface area contributed by atoms with E-state index in [1.807, 2.05) is 30.3 Å². The average molecular weight is 403 g/mol. The molecule has 1 atom stereocenters. The van der Waals surface area contributed by atoms with Gasteiger partial charge in [0.05, 0.1) is 29.1 Å². The van der Waals surface area contributed by atoms with Crippen molar-refractivity contribution in [1.82, 2.24) is 15.1 Å². The van der Waals surface area contributed by atoms with E-state index < -0.39 is 23.8 Å². The Morgan fingerprint density at radius 2 is 1.79 bits per heavy atom. The Labute approximate surface area is 165 Å². The third-order valence-corrected chi connectivity index (χ3v) is 4.60. The summed E-state index contributed by atoms with van der Waals surface area (Å²) in [4.78, 5) is 12.6. The lowest BCUT2D eigenvalue weighted by Gasteiger charge is -2.14. The van der Waals surface area contributed by atoms with Gasteiger partial charge in [0.2, 0.25) is 0 Å². The first kappa shape index (κ1) is 20.6. The molecule has 1 unspecified atom stereocenters. The molecule has 1 aromatic heterocycles. The van der Waals surface area contributed by atoms with Crippen molar-refractivity contribution in [2.24, 2.45) is 7.05 Å². The number of amides is 1. The Balaban J connectivity index is 1.65. The fourth-order valence-corrected chi connectivity index (χ4v) is 2.95. The summed E-state index contributed by atoms with van der Waals surface area (Å²) >= 11 is 0. The maximum absolute atomic E-state index is 12.6. The lowest BCUT2D eigenvalue weighted by molar-refractivity contribution is -0.137. The number of carbonyl (C=O) groups excluding carboxylic acids is 1. The maximum Gasteiger partial charge on any atom is 0.416 e. The van der Waals surface area contributed by atoms with Crippen molar-refractivity contribution >= 4 is 5.91 Å². The minimum absolute atomic E-state index is 0.135. The number of rotatable bonds is 6. The van der Waals surface area contributed by atoms with Crippen LogP contribution in [0.15, 0.2) is 60.8 Å². The van der Waals surface area contributed by atoms with Gasteiger partial charge in [-0.05, 0) is 23.3 Å². The van der Waals surface area contributed by atoms with Crippen LogP contribution in [0.1, 0.15) is 38.8 Å². The van der Waals surface area contributed by atoms with Gasteiger partial charge in [0, 0.05) is 20.0 Å². The third-order valence-electron chi connectivity index (χ3n) is 4.60. The molecule has 2 N–H and O–H groups in total. The van der Waals surface area contributed by atoms with E-state index in [9.17, 15) is 23.1 Å². The van der Waals surface area contributed by atoms with E-state index in [1.165, 1.54) is 18.3 Å². The summed E-state index contributed by atoms with van der Waals surface area (Å²) < 4.78 is 39.5. The van der Waals surface area contributed by atoms with Crippen LogP contribution < -0.4 is 5.32 Å². The van der Waals surface area contributed by atoms with E-state index in [0.717, 1.165) is 23.4 Å². The highest BCUT2D eigenvalue weighted by molar-refractivity contribution is 5.95. The second kappa shape index (κ2) is 8.48. The Hall–Kier alpha value is -3.13. The van der Waals surface area contributed by atoms with Crippen molar-refractivity contribution in [3.05, 3.63) is 88.7 Å². The van der Waals surface area contributed by atoms with Gasteiger partial charge < -0.3 is 10.4 Å². The first-order valence-corrected chi connectivity index (χ1v) is 8.94. The Bertz CT molecular complexity index is 967. The SMILES string of the molecule is Cn1ncc(C(=O)NCC(O)c2ccc(C(F)(F)F)cc2)c1Cc1ccccc1. The molecule has 8 heteroatoms. The van der Waals surface area contributed by atoms with Gasteiger partial charge >= 0.3 is 6.18 Å². The number of aliphatic hydroxyl groups excluding tert-OH is 1. The summed E-state index contributed by atoms with van der Waals surface area (Å²) in [6.45, 7) is -0.135. The van der Waals surface area contributed by atoms with Crippen LogP contribution in [0.5, 0.6) is 0 Å². The van der Waals surface area contributed by atoms with Gasteiger partial charge in [0.15, 0.2) is 0 Å². The van der Waals surface area contributed by atoms with Crippen LogP contribution in [0.2, 0.25) is 0 Å². The number of carbonyl (C=O) groups is 1. The molecule has 0 radical (unpaired) electrons. The van der Waals surface area contributed by atoms with Gasteiger partial charge in [-0.1, -0.05) is 42.5 Å². The first-order chi connectivity index (χ1) is 13.8. The van der Waals surface area contributed by atoms with Crippen LogP contribution in [0.25, 0.3) is 0 Å². The van der Waals surface area contributed by atoms with E-state index in [-0.39, 0.29) is 12.1 Å². The topological polar surface area (TPSA) is 67.2 Å². The van der Waals surface area contributed by atoms with Gasteiger partial charge in [-0.2, -0.15) is 18.3 Å². The molecular formula is C21H20F3N3O2. The van der Waals surface area contributed by atoms with Gasteiger partial charge in [-0.25, -0.2) is 0 Å². The van der Waals surface area contributed by atoms with Crippen molar-refractivity contribution in [3.63, 3.8) is 0 Å². The number of benzene rings is 2. The zero-order chi connectivity index (χ0) is 21.0. The average Bonchev–Trinajstić information content (AvgIpc) is 3.06. The van der Waals surface area contributed by atoms with Crippen LogP contribution >= 0.6 is 0 Å². The van der Waals surface area contributed by atoms with Crippen molar-refractivity contribution < 1.29 is 23.1 Å². The molecule has 0 spiro atoms. The number of hydrogen-bond acceptors (Lipinski definition) is 3. The number of hydrogen-bond donors (Lipinski definition) is 2. The maximum atomic E-state index is 12.6. The highest BCUT2D eigenvalue weighted by Gasteiger charge is 2.30. The number of alkyl halides is 3. The van der Waals surface area contributed by atoms with Gasteiger partial charge in [0.1, 0.15) is 0 Å². The van der Waals surface area contributed by atoms with E-state index >= 15 is 0 Å². The third kappa shape index (κ3) is 5.03. The monoisotopic (exact) mass is 403 g/mol. The number of nitrogens with one attached hydrogen (secondary N) is 1. The Morgan fingerprint density at radius 3 is 2.41 bits per heavy atom. The van der Waals surface area contributed by atoms with E-state index in [2.05, 4.69) is 10.4 Å². The van der Waals surface area contributed by atoms with Gasteiger partial charge in [-0.3, -0.25) is 9.48 Å². The molecule has 5 nitrogen and oxygen atoms in total. The minimum Gasteiger partial charge on any atom is -0.387 e. The molecule has 1 amide bonds. The molecule has 0 saturated carbocycles. The number of aryl methyl sites for hydroxylation is 1. The summed E-state index contributed by atoms with van der Waals surface area (Å²) in [6.07, 6.45) is -3.59. The summed E-state index contributed by atoms with van der Waals surface area (Å²) in [6, 6.07) is 13.8. The van der Waals surface area contributed by atoms with E-state index in [1.54, 1.807) is 11.7 Å². The summed E-state index contributed by atoms with van der Waals surface area (Å²) in [7, 11) is 1.74. The minimum atomic E-state index is -4.44. The second-order valence-electron chi connectivity index (χ2n) is 6.64. The van der Waals surface area contributed by atoms with Crippen LogP contribution in [0, 0.1) is 0 Å². The van der Waals surface area contributed by atoms with Crippen molar-refractivity contribution in [1.29, 1.82) is 0 Å². The molecule has 0 bridgehead atoms. The molecule has 152 valence electrons. The largest absolute Gasteiger partial charge is 0.416 e. The molecule has 3 rings (SSSR count). The Kier molecular flexibility index (Phi) is 6.03. The number of halogens is 3. The summed E-state index contributed by atoms with van der Waals surface area (Å²) in [5.74, 6) is -0.407. The van der Waals surface area contributed by atoms with E-state index in [4.69, 9.17) is 0 Å². The van der Waals surface area contributed by atoms with Gasteiger partial charge in [0.25, 0.3) is 5.91 Å². The smallest absolute Gasteiger partial charge is 0.387 e. The number of aromatic nitrogens is 2. The summed E-state index contributed by atoms with van der Waals surface area (Å²) in [5, 5.41) is 17.0. The quantitative estimate of drug-likeness (QED) is 0.662. The van der Waals surface area contributed by atoms with Crippen LogP contribution in [0.4, 0.5) is 13.2 Å². The Morgan fingerprint density at radius 1 is 1.14 bits per heavy atom. The molecule has 29 heavy (non-hydrogen) atoms. The molecule has 0 aliphatic rings. The summed E-state index contributed by atoms with van der Waals surface area (Å²) in [5.41, 5.74) is 1.62.